The van der Waals surface area contributed by atoms with Gasteiger partial charge in [0.05, 0.1) is 11.2 Å². The predicted octanol–water partition coefficient (Wildman–Crippen LogP) is 4.91. The first-order valence-corrected chi connectivity index (χ1v) is 10.4. The first-order chi connectivity index (χ1) is 13.3. The summed E-state index contributed by atoms with van der Waals surface area (Å²) in [5.41, 5.74) is 4.60. The SMILES string of the molecule is O=C(NCCc1csc2ccccc12)c1ccc(OCc2cscn2)cc1. The Kier molecular flexibility index (Phi) is 5.46. The molecular weight excluding hydrogens is 376 g/mol. The van der Waals surface area contributed by atoms with Crippen molar-refractivity contribution in [1.82, 2.24) is 10.3 Å². The Morgan fingerprint density at radius 1 is 1.07 bits per heavy atom. The topological polar surface area (TPSA) is 51.2 Å². The number of carbonyl (C=O) groups excluding carboxylic acids is 1. The summed E-state index contributed by atoms with van der Waals surface area (Å²) in [7, 11) is 0. The lowest BCUT2D eigenvalue weighted by Crippen LogP contribution is -2.25. The van der Waals surface area contributed by atoms with Crippen molar-refractivity contribution in [3.8, 4) is 5.75 Å². The Labute approximate surface area is 165 Å². The summed E-state index contributed by atoms with van der Waals surface area (Å²) < 4.78 is 6.95. The van der Waals surface area contributed by atoms with E-state index in [4.69, 9.17) is 4.74 Å². The number of aromatic nitrogens is 1. The normalized spacial score (nSPS) is 10.8. The number of hydrogen-bond donors (Lipinski definition) is 1. The highest BCUT2D eigenvalue weighted by Gasteiger charge is 2.07. The second-order valence-corrected chi connectivity index (χ2v) is 7.69. The highest BCUT2D eigenvalue weighted by Crippen LogP contribution is 2.25. The highest BCUT2D eigenvalue weighted by molar-refractivity contribution is 7.17. The van der Waals surface area contributed by atoms with Gasteiger partial charge in [-0.15, -0.1) is 22.7 Å². The van der Waals surface area contributed by atoms with Crippen LogP contribution in [0.4, 0.5) is 0 Å². The number of nitrogens with one attached hydrogen (secondary N) is 1. The van der Waals surface area contributed by atoms with E-state index in [0.717, 1.165) is 17.9 Å². The van der Waals surface area contributed by atoms with Crippen LogP contribution in [-0.2, 0) is 13.0 Å². The molecule has 2 heterocycles. The van der Waals surface area contributed by atoms with Gasteiger partial charge in [0, 0.05) is 22.2 Å². The number of fused-ring (bicyclic) bond motifs is 1. The van der Waals surface area contributed by atoms with Crippen molar-refractivity contribution in [1.29, 1.82) is 0 Å². The summed E-state index contributed by atoms with van der Waals surface area (Å²) in [5, 5.41) is 8.40. The second-order valence-electron chi connectivity index (χ2n) is 6.06. The van der Waals surface area contributed by atoms with Crippen LogP contribution in [0, 0.1) is 0 Å². The second kappa shape index (κ2) is 8.33. The van der Waals surface area contributed by atoms with Gasteiger partial charge in [0.25, 0.3) is 5.91 Å². The van der Waals surface area contributed by atoms with E-state index in [1.54, 1.807) is 40.3 Å². The maximum absolute atomic E-state index is 12.3. The fourth-order valence-electron chi connectivity index (χ4n) is 2.81. The van der Waals surface area contributed by atoms with Crippen molar-refractivity contribution in [3.05, 3.63) is 81.6 Å². The molecule has 4 aromatic rings. The van der Waals surface area contributed by atoms with Crippen LogP contribution in [0.2, 0.25) is 0 Å². The van der Waals surface area contributed by atoms with Crippen LogP contribution in [0.15, 0.2) is 64.8 Å². The Balaban J connectivity index is 1.29. The summed E-state index contributed by atoms with van der Waals surface area (Å²) in [4.78, 5) is 16.5. The van der Waals surface area contributed by atoms with Gasteiger partial charge >= 0.3 is 0 Å². The molecule has 27 heavy (non-hydrogen) atoms. The zero-order valence-corrected chi connectivity index (χ0v) is 16.2. The minimum atomic E-state index is -0.0689. The Morgan fingerprint density at radius 3 is 2.74 bits per heavy atom. The third kappa shape index (κ3) is 4.35. The number of thiophene rings is 1. The molecule has 0 radical (unpaired) electrons. The molecule has 6 heteroatoms. The zero-order valence-electron chi connectivity index (χ0n) is 14.6. The lowest BCUT2D eigenvalue weighted by atomic mass is 10.1. The number of ether oxygens (including phenoxy) is 1. The standard InChI is InChI=1S/C21H18N2O2S2/c24-21(22-10-9-16-12-27-20-4-2-1-3-19(16)20)15-5-7-18(8-6-15)25-11-17-13-26-14-23-17/h1-8,12-14H,9-11H2,(H,22,24). The molecule has 0 aliphatic heterocycles. The Morgan fingerprint density at radius 2 is 1.93 bits per heavy atom. The van der Waals surface area contributed by atoms with Crippen molar-refractivity contribution in [2.45, 2.75) is 13.0 Å². The van der Waals surface area contributed by atoms with Gasteiger partial charge in [-0.2, -0.15) is 0 Å². The van der Waals surface area contributed by atoms with E-state index in [2.05, 4.69) is 39.9 Å². The van der Waals surface area contributed by atoms with Crippen LogP contribution in [0.25, 0.3) is 10.1 Å². The van der Waals surface area contributed by atoms with Crippen LogP contribution in [0.3, 0.4) is 0 Å². The average Bonchev–Trinajstić information content (AvgIpc) is 3.37. The van der Waals surface area contributed by atoms with Gasteiger partial charge < -0.3 is 10.1 Å². The average molecular weight is 395 g/mol. The van der Waals surface area contributed by atoms with E-state index in [9.17, 15) is 4.79 Å². The molecule has 0 bridgehead atoms. The molecule has 1 amide bonds. The van der Waals surface area contributed by atoms with Crippen molar-refractivity contribution >= 4 is 38.7 Å². The fourth-order valence-corrected chi connectivity index (χ4v) is 4.35. The maximum atomic E-state index is 12.3. The maximum Gasteiger partial charge on any atom is 0.251 e. The minimum Gasteiger partial charge on any atom is -0.487 e. The van der Waals surface area contributed by atoms with E-state index in [0.29, 0.717) is 18.7 Å². The first-order valence-electron chi connectivity index (χ1n) is 8.63. The molecule has 136 valence electrons. The summed E-state index contributed by atoms with van der Waals surface area (Å²) in [6.07, 6.45) is 0.824. The summed E-state index contributed by atoms with van der Waals surface area (Å²) >= 11 is 3.29. The van der Waals surface area contributed by atoms with Gasteiger partial charge in [-0.05, 0) is 53.1 Å². The van der Waals surface area contributed by atoms with Gasteiger partial charge in [-0.25, -0.2) is 4.98 Å². The summed E-state index contributed by atoms with van der Waals surface area (Å²) in [5.74, 6) is 0.657. The molecule has 0 spiro atoms. The molecule has 1 N–H and O–H groups in total. The number of nitrogens with zero attached hydrogens (tertiary/aromatic N) is 1. The smallest absolute Gasteiger partial charge is 0.251 e. The number of amides is 1. The third-order valence-corrected chi connectivity index (χ3v) is 5.88. The predicted molar refractivity (Wildman–Crippen MR) is 111 cm³/mol. The van der Waals surface area contributed by atoms with Gasteiger partial charge in [0.2, 0.25) is 0 Å². The molecular formula is C21H18N2O2S2. The number of hydrogen-bond acceptors (Lipinski definition) is 5. The summed E-state index contributed by atoms with van der Waals surface area (Å²) in [6.45, 7) is 1.05. The highest BCUT2D eigenvalue weighted by atomic mass is 32.1. The third-order valence-electron chi connectivity index (χ3n) is 4.23. The van der Waals surface area contributed by atoms with Crippen molar-refractivity contribution < 1.29 is 9.53 Å². The Bertz CT molecular complexity index is 1020. The minimum absolute atomic E-state index is 0.0689. The van der Waals surface area contributed by atoms with Crippen molar-refractivity contribution in [2.75, 3.05) is 6.54 Å². The lowest BCUT2D eigenvalue weighted by Gasteiger charge is -2.07. The molecule has 0 saturated carbocycles. The van der Waals surface area contributed by atoms with Crippen LogP contribution in [-0.4, -0.2) is 17.4 Å². The van der Waals surface area contributed by atoms with E-state index in [1.165, 1.54) is 15.6 Å². The molecule has 0 atom stereocenters. The zero-order chi connectivity index (χ0) is 18.5. The van der Waals surface area contributed by atoms with Gasteiger partial charge in [0.15, 0.2) is 0 Å². The molecule has 0 aliphatic rings. The number of benzene rings is 2. The quantitative estimate of drug-likeness (QED) is 0.485. The molecule has 4 rings (SSSR count). The number of thiazole rings is 1. The van der Waals surface area contributed by atoms with E-state index in [1.807, 2.05) is 17.5 Å². The van der Waals surface area contributed by atoms with Crippen molar-refractivity contribution in [2.24, 2.45) is 0 Å². The van der Waals surface area contributed by atoms with E-state index < -0.39 is 0 Å². The first kappa shape index (κ1) is 17.7. The molecule has 0 aliphatic carbocycles. The van der Waals surface area contributed by atoms with Gasteiger partial charge in [-0.1, -0.05) is 18.2 Å². The van der Waals surface area contributed by atoms with Gasteiger partial charge in [0.1, 0.15) is 12.4 Å². The van der Waals surface area contributed by atoms with E-state index in [-0.39, 0.29) is 5.91 Å². The summed E-state index contributed by atoms with van der Waals surface area (Å²) in [6, 6.07) is 15.6. The van der Waals surface area contributed by atoms with Crippen LogP contribution < -0.4 is 10.1 Å². The number of carbonyl (C=O) groups is 1. The number of rotatable bonds is 7. The monoisotopic (exact) mass is 394 g/mol. The molecule has 2 aromatic heterocycles. The van der Waals surface area contributed by atoms with Crippen molar-refractivity contribution in [3.63, 3.8) is 0 Å². The fraction of sp³-hybridized carbons (Fsp3) is 0.143. The van der Waals surface area contributed by atoms with Crippen LogP contribution in [0.5, 0.6) is 5.75 Å². The lowest BCUT2D eigenvalue weighted by molar-refractivity contribution is 0.0954. The molecule has 0 saturated heterocycles. The van der Waals surface area contributed by atoms with Crippen LogP contribution >= 0.6 is 22.7 Å². The molecule has 0 unspecified atom stereocenters. The molecule has 2 aromatic carbocycles. The van der Waals surface area contributed by atoms with Crippen LogP contribution in [0.1, 0.15) is 21.6 Å². The molecule has 0 fully saturated rings. The van der Waals surface area contributed by atoms with Gasteiger partial charge in [-0.3, -0.25) is 4.79 Å². The molecule has 4 nitrogen and oxygen atoms in total. The van der Waals surface area contributed by atoms with E-state index >= 15 is 0 Å². The largest absolute Gasteiger partial charge is 0.487 e. The Hall–Kier alpha value is -2.70.